The Labute approximate surface area is 242 Å². The highest BCUT2D eigenvalue weighted by Crippen LogP contribution is 2.27. The van der Waals surface area contributed by atoms with Crippen molar-refractivity contribution in [3.63, 3.8) is 0 Å². The zero-order valence-corrected chi connectivity index (χ0v) is 24.3. The van der Waals surface area contributed by atoms with Crippen molar-refractivity contribution in [1.29, 1.82) is 0 Å². The molecule has 0 spiro atoms. The third kappa shape index (κ3) is 9.29. The number of likely N-dealkylation sites (N-methyl/N-ethyl adjacent to an activating group) is 2. The van der Waals surface area contributed by atoms with Crippen LogP contribution < -0.4 is 16.0 Å². The van der Waals surface area contributed by atoms with Gasteiger partial charge in [-0.1, -0.05) is 30.4 Å². The van der Waals surface area contributed by atoms with E-state index >= 15 is 0 Å². The number of benzene rings is 1. The van der Waals surface area contributed by atoms with Gasteiger partial charge in [0, 0.05) is 43.4 Å². The highest BCUT2D eigenvalue weighted by Gasteiger charge is 2.27. The van der Waals surface area contributed by atoms with Gasteiger partial charge in [-0.05, 0) is 71.3 Å². The number of nitrogens with zero attached hydrogens (tertiary/aromatic N) is 4. The zero-order valence-electron chi connectivity index (χ0n) is 24.3. The summed E-state index contributed by atoms with van der Waals surface area (Å²) in [6.45, 7) is 2.40. The van der Waals surface area contributed by atoms with Gasteiger partial charge >= 0.3 is 0 Å². The average molecular weight is 562 g/mol. The van der Waals surface area contributed by atoms with Crippen molar-refractivity contribution < 1.29 is 14.0 Å². The van der Waals surface area contributed by atoms with Crippen LogP contribution in [0.25, 0.3) is 0 Å². The van der Waals surface area contributed by atoms with Gasteiger partial charge in [-0.15, -0.1) is 0 Å². The number of nitrogens with one attached hydrogen (secondary N) is 3. The van der Waals surface area contributed by atoms with Crippen molar-refractivity contribution in [2.24, 2.45) is 5.92 Å². The molecule has 3 N–H and O–H groups in total. The lowest BCUT2D eigenvalue weighted by atomic mass is 9.86. The molecule has 0 unspecified atom stereocenters. The van der Waals surface area contributed by atoms with Crippen LogP contribution in [0.4, 0.5) is 21.8 Å². The fourth-order valence-electron chi connectivity index (χ4n) is 4.56. The first-order valence-corrected chi connectivity index (χ1v) is 14.2. The van der Waals surface area contributed by atoms with Gasteiger partial charge in [0.2, 0.25) is 17.8 Å². The summed E-state index contributed by atoms with van der Waals surface area (Å²) < 4.78 is 13.6. The topological polar surface area (TPSA) is 102 Å². The van der Waals surface area contributed by atoms with E-state index in [1.165, 1.54) is 23.1 Å². The van der Waals surface area contributed by atoms with E-state index in [4.69, 9.17) is 0 Å². The van der Waals surface area contributed by atoms with Gasteiger partial charge in [0.15, 0.2) is 0 Å². The van der Waals surface area contributed by atoms with Gasteiger partial charge in [0.1, 0.15) is 17.7 Å². The third-order valence-corrected chi connectivity index (χ3v) is 7.26. The fourth-order valence-corrected chi connectivity index (χ4v) is 4.56. The summed E-state index contributed by atoms with van der Waals surface area (Å²) in [6.07, 6.45) is 10.7. The Balaban J connectivity index is 1.36. The molecule has 1 aromatic carbocycles. The number of halogens is 1. The van der Waals surface area contributed by atoms with E-state index in [1.807, 2.05) is 19.0 Å². The quantitative estimate of drug-likeness (QED) is 0.299. The Morgan fingerprint density at radius 1 is 1.17 bits per heavy atom. The van der Waals surface area contributed by atoms with Gasteiger partial charge in [0.05, 0.1) is 11.8 Å². The van der Waals surface area contributed by atoms with Crippen molar-refractivity contribution in [2.75, 3.05) is 38.3 Å². The number of aromatic nitrogens is 2. The van der Waals surface area contributed by atoms with Gasteiger partial charge < -0.3 is 25.8 Å². The number of carbonyl (C=O) groups is 2. The van der Waals surface area contributed by atoms with Crippen LogP contribution in [0, 0.1) is 23.6 Å². The molecule has 0 radical (unpaired) electrons. The van der Waals surface area contributed by atoms with Crippen LogP contribution in [0.1, 0.15) is 51.0 Å². The van der Waals surface area contributed by atoms with Crippen LogP contribution >= 0.6 is 0 Å². The summed E-state index contributed by atoms with van der Waals surface area (Å²) >= 11 is 0. The minimum absolute atomic E-state index is 0.00365. The number of rotatable bonds is 10. The first-order valence-electron chi connectivity index (χ1n) is 14.2. The molecule has 2 amide bonds. The molecule has 1 aromatic heterocycles. The maximum atomic E-state index is 13.6. The predicted molar refractivity (Wildman–Crippen MR) is 159 cm³/mol. The first-order chi connectivity index (χ1) is 19.7. The van der Waals surface area contributed by atoms with Crippen LogP contribution in [0.3, 0.4) is 0 Å². The summed E-state index contributed by atoms with van der Waals surface area (Å²) in [7, 11) is 5.51. The molecular weight excluding hydrogens is 521 g/mol. The van der Waals surface area contributed by atoms with Crippen LogP contribution in [0.2, 0.25) is 0 Å². The monoisotopic (exact) mass is 561 g/mol. The third-order valence-electron chi connectivity index (χ3n) is 7.26. The number of anilines is 3. The second kappa shape index (κ2) is 14.1. The fraction of sp³-hybridized carbons (Fsp3) is 0.484. The van der Waals surface area contributed by atoms with E-state index in [-0.39, 0.29) is 29.6 Å². The first kappa shape index (κ1) is 30.0. The molecule has 2 saturated carbocycles. The maximum Gasteiger partial charge on any atom is 0.246 e. The van der Waals surface area contributed by atoms with Crippen LogP contribution in [0.5, 0.6) is 0 Å². The summed E-state index contributed by atoms with van der Waals surface area (Å²) in [5.41, 5.74) is 1.28. The Kier molecular flexibility index (Phi) is 10.3. The molecule has 0 saturated heterocycles. The van der Waals surface area contributed by atoms with Crippen LogP contribution in [0.15, 0.2) is 42.6 Å². The van der Waals surface area contributed by atoms with Crippen LogP contribution in [-0.4, -0.2) is 77.4 Å². The smallest absolute Gasteiger partial charge is 0.246 e. The number of amides is 2. The Hall–Kier alpha value is -3.97. The van der Waals surface area contributed by atoms with Gasteiger partial charge in [-0.25, -0.2) is 9.37 Å². The normalized spacial score (nSPS) is 19.3. The molecule has 2 aromatic rings. The van der Waals surface area contributed by atoms with E-state index in [1.54, 1.807) is 38.4 Å². The summed E-state index contributed by atoms with van der Waals surface area (Å²) in [6, 6.07) is 5.96. The lowest BCUT2D eigenvalue weighted by Crippen LogP contribution is -2.49. The molecular formula is C31H40FN7O2. The van der Waals surface area contributed by atoms with E-state index in [0.717, 1.165) is 38.5 Å². The molecule has 0 bridgehead atoms. The summed E-state index contributed by atoms with van der Waals surface area (Å²) in [4.78, 5) is 37.8. The van der Waals surface area contributed by atoms with Crippen molar-refractivity contribution in [3.8, 4) is 11.8 Å². The molecule has 4 rings (SSSR count). The number of hydrogen-bond donors (Lipinski definition) is 3. The molecule has 41 heavy (non-hydrogen) atoms. The molecule has 2 aliphatic rings. The SMILES string of the molecule is C[C@@H](C(=O)N[C@H]1CCC[C@@H](C#Cc2cnc(Nc3cccc(F)c3)nc2NC2CC2)C1)N(C)C(=O)C=CCN(C)C. The van der Waals surface area contributed by atoms with Crippen molar-refractivity contribution in [2.45, 2.75) is 63.6 Å². The second-order valence-corrected chi connectivity index (χ2v) is 11.1. The molecule has 1 heterocycles. The van der Waals surface area contributed by atoms with Gasteiger partial charge in [0.25, 0.3) is 0 Å². The van der Waals surface area contributed by atoms with E-state index < -0.39 is 6.04 Å². The average Bonchev–Trinajstić information content (AvgIpc) is 3.76. The van der Waals surface area contributed by atoms with E-state index in [0.29, 0.717) is 35.6 Å². The molecule has 2 fully saturated rings. The maximum absolute atomic E-state index is 13.6. The van der Waals surface area contributed by atoms with Crippen molar-refractivity contribution in [3.05, 3.63) is 54.0 Å². The zero-order chi connectivity index (χ0) is 29.4. The highest BCUT2D eigenvalue weighted by atomic mass is 19.1. The summed E-state index contributed by atoms with van der Waals surface area (Å²) in [5.74, 6) is 7.12. The highest BCUT2D eigenvalue weighted by molar-refractivity contribution is 5.92. The van der Waals surface area contributed by atoms with Crippen molar-refractivity contribution >= 4 is 29.3 Å². The van der Waals surface area contributed by atoms with E-state index in [2.05, 4.69) is 37.8 Å². The van der Waals surface area contributed by atoms with Crippen molar-refractivity contribution in [1.82, 2.24) is 25.1 Å². The lowest BCUT2D eigenvalue weighted by Gasteiger charge is -2.30. The minimum Gasteiger partial charge on any atom is -0.366 e. The molecule has 2 aliphatic carbocycles. The molecule has 9 nitrogen and oxygen atoms in total. The largest absolute Gasteiger partial charge is 0.366 e. The predicted octanol–water partition coefficient (Wildman–Crippen LogP) is 3.92. The molecule has 3 atom stereocenters. The Morgan fingerprint density at radius 3 is 2.71 bits per heavy atom. The minimum atomic E-state index is -0.578. The van der Waals surface area contributed by atoms with E-state index in [9.17, 15) is 14.0 Å². The standard InChI is InChI=1S/C31H40FN7O2/c1-21(39(4)28(40)12-7-17-38(2)3)30(41)35-26-10-5-8-22(18-26)13-14-23-20-33-31(37-29(23)34-25-15-16-25)36-27-11-6-9-24(32)19-27/h6-7,9,11-12,19-22,25-26H,5,8,10,15-18H2,1-4H3,(H,35,41)(H2,33,34,36,37)/t21-,22-,26-/m0/s1. The summed E-state index contributed by atoms with van der Waals surface area (Å²) in [5, 5.41) is 9.62. The second-order valence-electron chi connectivity index (χ2n) is 11.1. The lowest BCUT2D eigenvalue weighted by molar-refractivity contribution is -0.135. The number of hydrogen-bond acceptors (Lipinski definition) is 7. The molecule has 0 aliphatic heterocycles. The molecule has 10 heteroatoms. The van der Waals surface area contributed by atoms with Gasteiger partial charge in [-0.3, -0.25) is 9.59 Å². The van der Waals surface area contributed by atoms with Crippen LogP contribution in [-0.2, 0) is 9.59 Å². The Morgan fingerprint density at radius 2 is 1.98 bits per heavy atom. The van der Waals surface area contributed by atoms with Gasteiger partial charge in [-0.2, -0.15) is 4.98 Å². The molecule has 218 valence electrons. The Bertz CT molecular complexity index is 1320. The number of carbonyl (C=O) groups excluding carboxylic acids is 2.